The SMILES string of the molecule is Cl.NC1(C(=O)N2CCCN(C(=O)CC3CCCC3)CC2)CCCC1. The maximum Gasteiger partial charge on any atom is 0.242 e. The van der Waals surface area contributed by atoms with Crippen LogP contribution >= 0.6 is 12.4 Å². The van der Waals surface area contributed by atoms with E-state index in [1.165, 1.54) is 25.7 Å². The van der Waals surface area contributed by atoms with Crippen molar-refractivity contribution < 1.29 is 9.59 Å². The molecule has 0 radical (unpaired) electrons. The Labute approximate surface area is 151 Å². The van der Waals surface area contributed by atoms with Crippen LogP contribution in [0.3, 0.4) is 0 Å². The summed E-state index contributed by atoms with van der Waals surface area (Å²) >= 11 is 0. The molecule has 2 amide bonds. The molecule has 0 atom stereocenters. The van der Waals surface area contributed by atoms with Crippen LogP contribution in [0.25, 0.3) is 0 Å². The van der Waals surface area contributed by atoms with Crippen molar-refractivity contribution in [1.29, 1.82) is 0 Å². The second-order valence-corrected chi connectivity index (χ2v) is 7.74. The first-order valence-corrected chi connectivity index (χ1v) is 9.44. The number of nitrogens with zero attached hydrogens (tertiary/aromatic N) is 2. The molecule has 5 nitrogen and oxygen atoms in total. The lowest BCUT2D eigenvalue weighted by atomic mass is 9.97. The molecule has 1 heterocycles. The molecule has 0 aromatic carbocycles. The van der Waals surface area contributed by atoms with Gasteiger partial charge in [0.1, 0.15) is 0 Å². The Hall–Kier alpha value is -0.810. The molecule has 0 aromatic heterocycles. The minimum atomic E-state index is -0.636. The highest BCUT2D eigenvalue weighted by Crippen LogP contribution is 2.30. The number of amides is 2. The van der Waals surface area contributed by atoms with Crippen LogP contribution in [0, 0.1) is 5.92 Å². The summed E-state index contributed by atoms with van der Waals surface area (Å²) in [5, 5.41) is 0. The van der Waals surface area contributed by atoms with E-state index < -0.39 is 5.54 Å². The Morgan fingerprint density at radius 1 is 0.875 bits per heavy atom. The van der Waals surface area contributed by atoms with Gasteiger partial charge in [-0.15, -0.1) is 12.4 Å². The van der Waals surface area contributed by atoms with E-state index in [4.69, 9.17) is 5.73 Å². The summed E-state index contributed by atoms with van der Waals surface area (Å²) in [5.74, 6) is 0.990. The highest BCUT2D eigenvalue weighted by Gasteiger charge is 2.40. The number of carbonyl (C=O) groups excluding carboxylic acids is 2. The smallest absolute Gasteiger partial charge is 0.242 e. The normalized spacial score (nSPS) is 24.5. The van der Waals surface area contributed by atoms with Gasteiger partial charge in [-0.3, -0.25) is 9.59 Å². The summed E-state index contributed by atoms with van der Waals surface area (Å²) in [5.41, 5.74) is 5.68. The maximum atomic E-state index is 12.7. The molecule has 0 unspecified atom stereocenters. The molecular formula is C18H32ClN3O2. The summed E-state index contributed by atoms with van der Waals surface area (Å²) in [6, 6.07) is 0. The summed E-state index contributed by atoms with van der Waals surface area (Å²) in [7, 11) is 0. The van der Waals surface area contributed by atoms with E-state index in [2.05, 4.69) is 0 Å². The van der Waals surface area contributed by atoms with Gasteiger partial charge in [0.2, 0.25) is 11.8 Å². The third-order valence-corrected chi connectivity index (χ3v) is 6.00. The lowest BCUT2D eigenvalue weighted by molar-refractivity contribution is -0.137. The van der Waals surface area contributed by atoms with Crippen LogP contribution in [-0.4, -0.2) is 53.3 Å². The zero-order valence-electron chi connectivity index (χ0n) is 14.7. The minimum Gasteiger partial charge on any atom is -0.341 e. The number of carbonyl (C=O) groups is 2. The molecule has 0 spiro atoms. The molecule has 2 aliphatic carbocycles. The number of hydrogen-bond acceptors (Lipinski definition) is 3. The second-order valence-electron chi connectivity index (χ2n) is 7.74. The summed E-state index contributed by atoms with van der Waals surface area (Å²) in [6.07, 6.45) is 10.3. The molecule has 0 aromatic rings. The largest absolute Gasteiger partial charge is 0.341 e. The number of hydrogen-bond donors (Lipinski definition) is 1. The van der Waals surface area contributed by atoms with Gasteiger partial charge in [0.05, 0.1) is 5.54 Å². The maximum absolute atomic E-state index is 12.7. The van der Waals surface area contributed by atoms with Gasteiger partial charge >= 0.3 is 0 Å². The van der Waals surface area contributed by atoms with E-state index in [-0.39, 0.29) is 24.2 Å². The van der Waals surface area contributed by atoms with Crippen molar-refractivity contribution in [2.75, 3.05) is 26.2 Å². The number of rotatable bonds is 3. The van der Waals surface area contributed by atoms with Crippen molar-refractivity contribution in [2.45, 2.75) is 69.7 Å². The predicted octanol–water partition coefficient (Wildman–Crippen LogP) is 2.32. The van der Waals surface area contributed by atoms with E-state index in [9.17, 15) is 9.59 Å². The van der Waals surface area contributed by atoms with Crippen molar-refractivity contribution in [1.82, 2.24) is 9.80 Å². The highest BCUT2D eigenvalue weighted by molar-refractivity contribution is 5.86. The third kappa shape index (κ3) is 4.42. The molecule has 3 aliphatic rings. The first-order chi connectivity index (χ1) is 11.1. The molecule has 3 fully saturated rings. The molecule has 2 saturated carbocycles. The van der Waals surface area contributed by atoms with E-state index >= 15 is 0 Å². The Morgan fingerprint density at radius 2 is 1.46 bits per heavy atom. The molecule has 24 heavy (non-hydrogen) atoms. The summed E-state index contributed by atoms with van der Waals surface area (Å²) in [6.45, 7) is 2.85. The Bertz CT molecular complexity index is 446. The fourth-order valence-electron chi connectivity index (χ4n) is 4.50. The molecule has 138 valence electrons. The molecule has 6 heteroatoms. The van der Waals surface area contributed by atoms with Crippen molar-refractivity contribution in [3.8, 4) is 0 Å². The van der Waals surface area contributed by atoms with Crippen LogP contribution < -0.4 is 5.73 Å². The van der Waals surface area contributed by atoms with Gasteiger partial charge in [0, 0.05) is 32.6 Å². The molecule has 2 N–H and O–H groups in total. The average molecular weight is 358 g/mol. The quantitative estimate of drug-likeness (QED) is 0.842. The van der Waals surface area contributed by atoms with Crippen LogP contribution in [0.1, 0.15) is 64.2 Å². The van der Waals surface area contributed by atoms with Crippen LogP contribution in [-0.2, 0) is 9.59 Å². The lowest BCUT2D eigenvalue weighted by Crippen LogP contribution is -2.54. The number of nitrogens with two attached hydrogens (primary N) is 1. The Kier molecular flexibility index (Phi) is 6.93. The Morgan fingerprint density at radius 3 is 2.12 bits per heavy atom. The predicted molar refractivity (Wildman–Crippen MR) is 97.0 cm³/mol. The lowest BCUT2D eigenvalue weighted by Gasteiger charge is -2.30. The first kappa shape index (κ1) is 19.5. The molecule has 1 aliphatic heterocycles. The van der Waals surface area contributed by atoms with E-state index in [0.717, 1.165) is 45.2 Å². The zero-order chi connectivity index (χ0) is 16.3. The number of halogens is 1. The van der Waals surface area contributed by atoms with Gasteiger partial charge < -0.3 is 15.5 Å². The first-order valence-electron chi connectivity index (χ1n) is 9.44. The van der Waals surface area contributed by atoms with Crippen LogP contribution in [0.2, 0.25) is 0 Å². The third-order valence-electron chi connectivity index (χ3n) is 6.00. The zero-order valence-corrected chi connectivity index (χ0v) is 15.5. The summed E-state index contributed by atoms with van der Waals surface area (Å²) < 4.78 is 0. The standard InChI is InChI=1S/C18H31N3O2.ClH/c19-18(8-3-4-9-18)17(23)21-11-5-10-20(12-13-21)16(22)14-15-6-1-2-7-15;/h15H,1-14,19H2;1H. The van der Waals surface area contributed by atoms with E-state index in [1.54, 1.807) is 0 Å². The van der Waals surface area contributed by atoms with Gasteiger partial charge in [-0.2, -0.15) is 0 Å². The monoisotopic (exact) mass is 357 g/mol. The topological polar surface area (TPSA) is 66.6 Å². The summed E-state index contributed by atoms with van der Waals surface area (Å²) in [4.78, 5) is 29.1. The van der Waals surface area contributed by atoms with Crippen molar-refractivity contribution in [3.05, 3.63) is 0 Å². The molecular weight excluding hydrogens is 326 g/mol. The average Bonchev–Trinajstić information content (AvgIpc) is 3.14. The second kappa shape index (κ2) is 8.52. The minimum absolute atomic E-state index is 0. The van der Waals surface area contributed by atoms with Crippen molar-refractivity contribution in [3.63, 3.8) is 0 Å². The fraction of sp³-hybridized carbons (Fsp3) is 0.889. The fourth-order valence-corrected chi connectivity index (χ4v) is 4.50. The van der Waals surface area contributed by atoms with Gasteiger partial charge in [0.25, 0.3) is 0 Å². The van der Waals surface area contributed by atoms with Crippen LogP contribution in [0.5, 0.6) is 0 Å². The van der Waals surface area contributed by atoms with Gasteiger partial charge in [-0.25, -0.2) is 0 Å². The van der Waals surface area contributed by atoms with Gasteiger partial charge in [0.15, 0.2) is 0 Å². The Balaban J connectivity index is 0.00000208. The van der Waals surface area contributed by atoms with Gasteiger partial charge in [-0.05, 0) is 38.0 Å². The van der Waals surface area contributed by atoms with E-state index in [1.807, 2.05) is 9.80 Å². The molecule has 1 saturated heterocycles. The molecule has 3 rings (SSSR count). The van der Waals surface area contributed by atoms with Crippen molar-refractivity contribution >= 4 is 24.2 Å². The molecule has 0 bridgehead atoms. The van der Waals surface area contributed by atoms with Crippen LogP contribution in [0.15, 0.2) is 0 Å². The highest BCUT2D eigenvalue weighted by atomic mass is 35.5. The van der Waals surface area contributed by atoms with Crippen molar-refractivity contribution in [2.24, 2.45) is 11.7 Å². The van der Waals surface area contributed by atoms with E-state index in [0.29, 0.717) is 25.4 Å². The van der Waals surface area contributed by atoms with Crippen LogP contribution in [0.4, 0.5) is 0 Å². The van der Waals surface area contributed by atoms with Gasteiger partial charge in [-0.1, -0.05) is 25.7 Å².